The van der Waals surface area contributed by atoms with Crippen molar-refractivity contribution in [1.82, 2.24) is 15.5 Å². The van der Waals surface area contributed by atoms with Crippen molar-refractivity contribution < 1.29 is 13.9 Å². The molecule has 98 valence electrons. The van der Waals surface area contributed by atoms with Crippen LogP contribution in [0.15, 0.2) is 4.42 Å². The lowest BCUT2D eigenvalue weighted by Gasteiger charge is -2.04. The molecular formula is C10H20N4O3. The largest absolute Gasteiger partial charge is 0.406 e. The first-order valence-corrected chi connectivity index (χ1v) is 5.59. The highest BCUT2D eigenvalue weighted by Gasteiger charge is 2.10. The number of anilines is 1. The molecule has 1 rings (SSSR count). The van der Waals surface area contributed by atoms with E-state index in [9.17, 15) is 0 Å². The van der Waals surface area contributed by atoms with Crippen LogP contribution in [-0.4, -0.2) is 50.7 Å². The highest BCUT2D eigenvalue weighted by molar-refractivity contribution is 5.16. The van der Waals surface area contributed by atoms with E-state index in [4.69, 9.17) is 13.9 Å². The highest BCUT2D eigenvalue weighted by atomic mass is 16.5. The summed E-state index contributed by atoms with van der Waals surface area (Å²) in [5, 5.41) is 13.8. The first kappa shape index (κ1) is 13.9. The fourth-order valence-corrected chi connectivity index (χ4v) is 1.08. The normalized spacial score (nSPS) is 12.6. The van der Waals surface area contributed by atoms with Gasteiger partial charge in [0.2, 0.25) is 5.89 Å². The van der Waals surface area contributed by atoms with E-state index >= 15 is 0 Å². The van der Waals surface area contributed by atoms with Crippen LogP contribution in [0.4, 0.5) is 6.01 Å². The molecule has 0 aliphatic heterocycles. The van der Waals surface area contributed by atoms with Gasteiger partial charge in [-0.05, 0) is 14.0 Å². The van der Waals surface area contributed by atoms with Crippen molar-refractivity contribution in [3.63, 3.8) is 0 Å². The van der Waals surface area contributed by atoms with Gasteiger partial charge in [0.15, 0.2) is 0 Å². The van der Waals surface area contributed by atoms with Gasteiger partial charge < -0.3 is 24.5 Å². The Morgan fingerprint density at radius 3 is 2.82 bits per heavy atom. The minimum atomic E-state index is 0.0519. The molecule has 7 nitrogen and oxygen atoms in total. The third-order valence-corrected chi connectivity index (χ3v) is 2.20. The summed E-state index contributed by atoms with van der Waals surface area (Å²) in [6.45, 7) is 4.33. The van der Waals surface area contributed by atoms with Crippen LogP contribution >= 0.6 is 0 Å². The average molecular weight is 244 g/mol. The van der Waals surface area contributed by atoms with E-state index in [0.29, 0.717) is 38.3 Å². The Hall–Kier alpha value is -1.18. The van der Waals surface area contributed by atoms with Gasteiger partial charge >= 0.3 is 6.01 Å². The van der Waals surface area contributed by atoms with Crippen LogP contribution in [0.1, 0.15) is 18.9 Å². The monoisotopic (exact) mass is 244 g/mol. The Morgan fingerprint density at radius 2 is 2.12 bits per heavy atom. The number of ether oxygens (including phenoxy) is 2. The first-order valence-electron chi connectivity index (χ1n) is 5.59. The summed E-state index contributed by atoms with van der Waals surface area (Å²) in [5.41, 5.74) is 0. The molecule has 1 aromatic heterocycles. The van der Waals surface area contributed by atoms with Crippen LogP contribution in [0.5, 0.6) is 0 Å². The third-order valence-electron chi connectivity index (χ3n) is 2.20. The van der Waals surface area contributed by atoms with E-state index in [2.05, 4.69) is 20.8 Å². The molecule has 0 bridgehead atoms. The van der Waals surface area contributed by atoms with Gasteiger partial charge in [-0.25, -0.2) is 0 Å². The van der Waals surface area contributed by atoms with Crippen LogP contribution in [0.2, 0.25) is 0 Å². The maximum Gasteiger partial charge on any atom is 0.315 e. The third kappa shape index (κ3) is 5.12. The van der Waals surface area contributed by atoms with Gasteiger partial charge in [-0.3, -0.25) is 0 Å². The first-order chi connectivity index (χ1) is 8.27. The van der Waals surface area contributed by atoms with Crippen LogP contribution < -0.4 is 10.6 Å². The van der Waals surface area contributed by atoms with Gasteiger partial charge in [0.05, 0.1) is 25.9 Å². The summed E-state index contributed by atoms with van der Waals surface area (Å²) in [7, 11) is 3.48. The molecule has 0 fully saturated rings. The molecule has 0 spiro atoms. The zero-order valence-electron chi connectivity index (χ0n) is 10.5. The SMILES string of the molecule is CNC(C)c1nnc(NCCOCCOC)o1. The molecule has 0 saturated heterocycles. The van der Waals surface area contributed by atoms with E-state index in [0.717, 1.165) is 0 Å². The molecule has 1 atom stereocenters. The molecule has 1 heterocycles. The standard InChI is InChI=1S/C10H20N4O3/c1-8(11-2)9-13-14-10(17-9)12-4-5-16-7-6-15-3/h8,11H,4-7H2,1-3H3,(H,12,14). The van der Waals surface area contributed by atoms with Crippen molar-refractivity contribution in [2.45, 2.75) is 13.0 Å². The Kier molecular flexibility index (Phi) is 6.53. The zero-order chi connectivity index (χ0) is 12.5. The molecule has 0 aromatic carbocycles. The lowest BCUT2D eigenvalue weighted by atomic mass is 10.3. The summed E-state index contributed by atoms with van der Waals surface area (Å²) in [6.07, 6.45) is 0. The Bertz CT molecular complexity index is 305. The predicted molar refractivity (Wildman–Crippen MR) is 63.0 cm³/mol. The lowest BCUT2D eigenvalue weighted by Crippen LogP contribution is -2.12. The van der Waals surface area contributed by atoms with Crippen LogP contribution in [-0.2, 0) is 9.47 Å². The number of methoxy groups -OCH3 is 1. The van der Waals surface area contributed by atoms with Crippen molar-refractivity contribution in [1.29, 1.82) is 0 Å². The van der Waals surface area contributed by atoms with Gasteiger partial charge in [-0.1, -0.05) is 5.10 Å². The summed E-state index contributed by atoms with van der Waals surface area (Å²) >= 11 is 0. The number of rotatable bonds is 9. The highest BCUT2D eigenvalue weighted by Crippen LogP contribution is 2.12. The summed E-state index contributed by atoms with van der Waals surface area (Å²) in [4.78, 5) is 0. The summed E-state index contributed by atoms with van der Waals surface area (Å²) in [6, 6.07) is 0.466. The molecular weight excluding hydrogens is 224 g/mol. The van der Waals surface area contributed by atoms with Crippen molar-refractivity contribution in [2.24, 2.45) is 0 Å². The van der Waals surface area contributed by atoms with Gasteiger partial charge in [-0.15, -0.1) is 5.10 Å². The van der Waals surface area contributed by atoms with E-state index in [-0.39, 0.29) is 6.04 Å². The molecule has 0 aliphatic carbocycles. The second-order valence-electron chi connectivity index (χ2n) is 3.49. The molecule has 7 heteroatoms. The van der Waals surface area contributed by atoms with E-state index < -0.39 is 0 Å². The molecule has 1 aromatic rings. The molecule has 0 radical (unpaired) electrons. The van der Waals surface area contributed by atoms with E-state index in [1.807, 2.05) is 14.0 Å². The molecule has 0 aliphatic rings. The average Bonchev–Trinajstić information content (AvgIpc) is 2.81. The minimum Gasteiger partial charge on any atom is -0.406 e. The topological polar surface area (TPSA) is 81.4 Å². The van der Waals surface area contributed by atoms with Gasteiger partial charge in [-0.2, -0.15) is 0 Å². The molecule has 0 saturated carbocycles. The van der Waals surface area contributed by atoms with Gasteiger partial charge in [0.1, 0.15) is 0 Å². The quantitative estimate of drug-likeness (QED) is 0.609. The van der Waals surface area contributed by atoms with Crippen LogP contribution in [0.25, 0.3) is 0 Å². The minimum absolute atomic E-state index is 0.0519. The summed E-state index contributed by atoms with van der Waals surface area (Å²) < 4.78 is 15.5. The Morgan fingerprint density at radius 1 is 1.29 bits per heavy atom. The van der Waals surface area contributed by atoms with E-state index in [1.54, 1.807) is 7.11 Å². The van der Waals surface area contributed by atoms with E-state index in [1.165, 1.54) is 0 Å². The van der Waals surface area contributed by atoms with Crippen molar-refractivity contribution in [3.05, 3.63) is 5.89 Å². The van der Waals surface area contributed by atoms with Gasteiger partial charge in [0, 0.05) is 13.7 Å². The van der Waals surface area contributed by atoms with Crippen molar-refractivity contribution in [3.8, 4) is 0 Å². The maximum atomic E-state index is 5.39. The Balaban J connectivity index is 2.16. The fourth-order valence-electron chi connectivity index (χ4n) is 1.08. The van der Waals surface area contributed by atoms with Crippen molar-refractivity contribution in [2.75, 3.05) is 45.8 Å². The number of hydrogen-bond acceptors (Lipinski definition) is 7. The maximum absolute atomic E-state index is 5.39. The number of aromatic nitrogens is 2. The zero-order valence-corrected chi connectivity index (χ0v) is 10.5. The number of hydrogen-bond donors (Lipinski definition) is 2. The fraction of sp³-hybridized carbons (Fsp3) is 0.800. The second-order valence-corrected chi connectivity index (χ2v) is 3.49. The van der Waals surface area contributed by atoms with Crippen molar-refractivity contribution >= 4 is 6.01 Å². The number of nitrogens with one attached hydrogen (secondary N) is 2. The lowest BCUT2D eigenvalue weighted by molar-refractivity contribution is 0.0757. The number of nitrogens with zero attached hydrogens (tertiary/aromatic N) is 2. The molecule has 2 N–H and O–H groups in total. The predicted octanol–water partition coefficient (Wildman–Crippen LogP) is 0.425. The van der Waals surface area contributed by atoms with Gasteiger partial charge in [0.25, 0.3) is 0 Å². The van der Waals surface area contributed by atoms with Crippen LogP contribution in [0, 0.1) is 0 Å². The second kappa shape index (κ2) is 7.99. The van der Waals surface area contributed by atoms with Crippen LogP contribution in [0.3, 0.4) is 0 Å². The Labute approximate surface area is 101 Å². The molecule has 17 heavy (non-hydrogen) atoms. The smallest absolute Gasteiger partial charge is 0.315 e. The summed E-state index contributed by atoms with van der Waals surface area (Å²) in [5.74, 6) is 0.565. The molecule has 1 unspecified atom stereocenters. The molecule has 0 amide bonds.